The molecule has 5 nitrogen and oxygen atoms in total. The number of para-hydroxylation sites is 1. The van der Waals surface area contributed by atoms with Gasteiger partial charge in [-0.25, -0.2) is 4.79 Å². The number of benzene rings is 1. The standard InChI is InChI=1S/C17H22N2O3/c1-4-5-9-19(3)10-14-11(2)18-15-12(16(14)20)7-6-8-13(15)17(21)22/h6-8H,4-5,9-10H2,1-3H3,(H,18,20)(H,21,22). The summed E-state index contributed by atoms with van der Waals surface area (Å²) in [4.78, 5) is 29.2. The van der Waals surface area contributed by atoms with Crippen molar-refractivity contribution < 1.29 is 9.90 Å². The predicted octanol–water partition coefficient (Wildman–Crippen LogP) is 2.77. The van der Waals surface area contributed by atoms with E-state index in [2.05, 4.69) is 16.8 Å². The van der Waals surface area contributed by atoms with Crippen molar-refractivity contribution in [2.45, 2.75) is 33.2 Å². The number of carboxylic acid groups (broad SMARTS) is 1. The van der Waals surface area contributed by atoms with Crippen molar-refractivity contribution in [1.82, 2.24) is 9.88 Å². The van der Waals surface area contributed by atoms with Gasteiger partial charge in [-0.1, -0.05) is 19.4 Å². The van der Waals surface area contributed by atoms with Crippen LogP contribution in [0.4, 0.5) is 0 Å². The second-order valence-electron chi connectivity index (χ2n) is 5.68. The Hall–Kier alpha value is -2.14. The van der Waals surface area contributed by atoms with Crippen LogP contribution in [0.5, 0.6) is 0 Å². The zero-order valence-electron chi connectivity index (χ0n) is 13.3. The van der Waals surface area contributed by atoms with Crippen molar-refractivity contribution in [1.29, 1.82) is 0 Å². The molecule has 0 spiro atoms. The maximum atomic E-state index is 12.7. The number of hydrogen-bond donors (Lipinski definition) is 2. The molecule has 22 heavy (non-hydrogen) atoms. The molecule has 0 unspecified atom stereocenters. The van der Waals surface area contributed by atoms with Gasteiger partial charge in [0.25, 0.3) is 0 Å². The molecule has 118 valence electrons. The summed E-state index contributed by atoms with van der Waals surface area (Å²) in [6, 6.07) is 4.80. The van der Waals surface area contributed by atoms with Gasteiger partial charge in [-0.2, -0.15) is 0 Å². The minimum absolute atomic E-state index is 0.0855. The fourth-order valence-electron chi connectivity index (χ4n) is 2.62. The number of aromatic nitrogens is 1. The monoisotopic (exact) mass is 302 g/mol. The first-order chi connectivity index (χ1) is 10.5. The maximum absolute atomic E-state index is 12.7. The molecular weight excluding hydrogens is 280 g/mol. The second kappa shape index (κ2) is 6.75. The topological polar surface area (TPSA) is 73.4 Å². The Morgan fingerprint density at radius 1 is 1.36 bits per heavy atom. The number of aromatic carboxylic acids is 1. The van der Waals surface area contributed by atoms with Crippen molar-refractivity contribution in [2.24, 2.45) is 0 Å². The van der Waals surface area contributed by atoms with Crippen LogP contribution in [0.3, 0.4) is 0 Å². The lowest BCUT2D eigenvalue weighted by atomic mass is 10.0. The van der Waals surface area contributed by atoms with Crippen LogP contribution in [0, 0.1) is 6.92 Å². The smallest absolute Gasteiger partial charge is 0.337 e. The molecule has 0 amide bonds. The van der Waals surface area contributed by atoms with E-state index in [0.29, 0.717) is 23.0 Å². The molecule has 1 aromatic carbocycles. The zero-order chi connectivity index (χ0) is 16.3. The Morgan fingerprint density at radius 3 is 2.73 bits per heavy atom. The fourth-order valence-corrected chi connectivity index (χ4v) is 2.62. The van der Waals surface area contributed by atoms with E-state index in [9.17, 15) is 14.7 Å². The molecule has 0 bridgehead atoms. The van der Waals surface area contributed by atoms with E-state index in [1.54, 1.807) is 12.1 Å². The molecule has 2 rings (SSSR count). The van der Waals surface area contributed by atoms with Gasteiger partial charge in [-0.15, -0.1) is 0 Å². The van der Waals surface area contributed by atoms with E-state index in [0.717, 1.165) is 25.1 Å². The van der Waals surface area contributed by atoms with Gasteiger partial charge in [-0.3, -0.25) is 4.79 Å². The molecule has 0 fully saturated rings. The third kappa shape index (κ3) is 3.20. The molecule has 0 atom stereocenters. The molecule has 1 aromatic heterocycles. The van der Waals surface area contributed by atoms with E-state index in [4.69, 9.17) is 0 Å². The van der Waals surface area contributed by atoms with Crippen LogP contribution in [0.2, 0.25) is 0 Å². The van der Waals surface area contributed by atoms with Crippen LogP contribution in [0.15, 0.2) is 23.0 Å². The minimum Gasteiger partial charge on any atom is -0.478 e. The number of H-pyrrole nitrogens is 1. The van der Waals surface area contributed by atoms with Gasteiger partial charge < -0.3 is 15.0 Å². The number of aromatic amines is 1. The van der Waals surface area contributed by atoms with Crippen LogP contribution in [-0.2, 0) is 6.54 Å². The van der Waals surface area contributed by atoms with Crippen LogP contribution < -0.4 is 5.43 Å². The minimum atomic E-state index is -1.03. The normalized spacial score (nSPS) is 11.3. The van der Waals surface area contributed by atoms with Gasteiger partial charge in [0.05, 0.1) is 11.1 Å². The fraction of sp³-hybridized carbons (Fsp3) is 0.412. The van der Waals surface area contributed by atoms with Crippen LogP contribution in [0.1, 0.15) is 41.4 Å². The summed E-state index contributed by atoms with van der Waals surface area (Å²) in [6.45, 7) is 5.45. The number of carbonyl (C=O) groups is 1. The number of nitrogens with one attached hydrogen (secondary N) is 1. The molecule has 0 aliphatic rings. The van der Waals surface area contributed by atoms with Crippen molar-refractivity contribution in [2.75, 3.05) is 13.6 Å². The molecule has 2 aromatic rings. The van der Waals surface area contributed by atoms with E-state index in [1.807, 2.05) is 14.0 Å². The van der Waals surface area contributed by atoms with Crippen LogP contribution >= 0.6 is 0 Å². The largest absolute Gasteiger partial charge is 0.478 e. The van der Waals surface area contributed by atoms with Crippen LogP contribution in [-0.4, -0.2) is 34.6 Å². The van der Waals surface area contributed by atoms with E-state index in [1.165, 1.54) is 6.07 Å². The van der Waals surface area contributed by atoms with Gasteiger partial charge in [0.15, 0.2) is 5.43 Å². The average molecular weight is 302 g/mol. The molecule has 2 N–H and O–H groups in total. The first-order valence-electron chi connectivity index (χ1n) is 7.52. The molecule has 0 aliphatic carbocycles. The highest BCUT2D eigenvalue weighted by Gasteiger charge is 2.15. The van der Waals surface area contributed by atoms with Crippen LogP contribution in [0.25, 0.3) is 10.9 Å². The molecule has 0 saturated heterocycles. The lowest BCUT2D eigenvalue weighted by Crippen LogP contribution is -2.25. The van der Waals surface area contributed by atoms with Crippen molar-refractivity contribution in [3.05, 3.63) is 45.2 Å². The summed E-state index contributed by atoms with van der Waals surface area (Å²) in [5, 5.41) is 9.68. The summed E-state index contributed by atoms with van der Waals surface area (Å²) in [6.07, 6.45) is 2.20. The number of nitrogens with zero attached hydrogens (tertiary/aromatic N) is 1. The number of aryl methyl sites for hydroxylation is 1. The Balaban J connectivity index is 2.50. The molecule has 1 heterocycles. The number of fused-ring (bicyclic) bond motifs is 1. The maximum Gasteiger partial charge on any atom is 0.337 e. The van der Waals surface area contributed by atoms with Gasteiger partial charge in [0.2, 0.25) is 0 Å². The highest BCUT2D eigenvalue weighted by Crippen LogP contribution is 2.17. The first-order valence-corrected chi connectivity index (χ1v) is 7.52. The van der Waals surface area contributed by atoms with E-state index < -0.39 is 5.97 Å². The lowest BCUT2D eigenvalue weighted by molar-refractivity contribution is 0.0699. The summed E-state index contributed by atoms with van der Waals surface area (Å²) in [5.41, 5.74) is 1.88. The number of hydrogen-bond acceptors (Lipinski definition) is 3. The third-order valence-electron chi connectivity index (χ3n) is 3.90. The summed E-state index contributed by atoms with van der Waals surface area (Å²) < 4.78 is 0. The second-order valence-corrected chi connectivity index (χ2v) is 5.68. The van der Waals surface area contributed by atoms with Crippen molar-refractivity contribution in [3.8, 4) is 0 Å². The Kier molecular flexibility index (Phi) is 4.98. The number of unbranched alkanes of at least 4 members (excludes halogenated alkanes) is 1. The van der Waals surface area contributed by atoms with Gasteiger partial charge >= 0.3 is 5.97 Å². The molecule has 0 aliphatic heterocycles. The Morgan fingerprint density at radius 2 is 2.09 bits per heavy atom. The molecule has 0 radical (unpaired) electrons. The number of pyridine rings is 1. The summed E-state index contributed by atoms with van der Waals surface area (Å²) in [5.74, 6) is -1.03. The quantitative estimate of drug-likeness (QED) is 0.860. The number of carboxylic acids is 1. The first kappa shape index (κ1) is 16.2. The van der Waals surface area contributed by atoms with Crippen molar-refractivity contribution in [3.63, 3.8) is 0 Å². The zero-order valence-corrected chi connectivity index (χ0v) is 13.3. The molecule has 5 heteroatoms. The third-order valence-corrected chi connectivity index (χ3v) is 3.90. The molecule has 0 saturated carbocycles. The lowest BCUT2D eigenvalue weighted by Gasteiger charge is -2.18. The van der Waals surface area contributed by atoms with Crippen molar-refractivity contribution >= 4 is 16.9 Å². The average Bonchev–Trinajstić information content (AvgIpc) is 2.48. The Labute approximate surface area is 129 Å². The van der Waals surface area contributed by atoms with E-state index >= 15 is 0 Å². The van der Waals surface area contributed by atoms with Gasteiger partial charge in [-0.05, 0) is 39.1 Å². The summed E-state index contributed by atoms with van der Waals surface area (Å²) >= 11 is 0. The van der Waals surface area contributed by atoms with Gasteiger partial charge in [0.1, 0.15) is 0 Å². The highest BCUT2D eigenvalue weighted by atomic mass is 16.4. The predicted molar refractivity (Wildman–Crippen MR) is 87.5 cm³/mol. The highest BCUT2D eigenvalue weighted by molar-refractivity contribution is 6.01. The summed E-state index contributed by atoms with van der Waals surface area (Å²) in [7, 11) is 1.99. The van der Waals surface area contributed by atoms with E-state index in [-0.39, 0.29) is 11.0 Å². The molecular formula is C17H22N2O3. The SMILES string of the molecule is CCCCN(C)Cc1c(C)[nH]c2c(C(=O)O)cccc2c1=O. The van der Waals surface area contributed by atoms with Gasteiger partial charge in [0, 0.05) is 23.2 Å². The Bertz CT molecular complexity index is 749. The number of rotatable bonds is 6.